The number of anilines is 1. The van der Waals surface area contributed by atoms with Gasteiger partial charge in [0.05, 0.1) is 12.8 Å². The first kappa shape index (κ1) is 16.8. The molecular formula is C12H12F3NO2S2. The third-order valence-electron chi connectivity index (χ3n) is 2.07. The summed E-state index contributed by atoms with van der Waals surface area (Å²) in [5.74, 6) is -0.521. The molecule has 1 N–H and O–H groups in total. The van der Waals surface area contributed by atoms with E-state index in [1.54, 1.807) is 6.26 Å². The van der Waals surface area contributed by atoms with Gasteiger partial charge in [0.15, 0.2) is 0 Å². The normalized spacial score (nSPS) is 11.7. The van der Waals surface area contributed by atoms with Gasteiger partial charge in [0, 0.05) is 22.1 Å². The average Bonchev–Trinajstić information content (AvgIpc) is 2.38. The van der Waals surface area contributed by atoms with E-state index in [-0.39, 0.29) is 16.7 Å². The Hall–Kier alpha value is -1.28. The van der Waals surface area contributed by atoms with Crippen LogP contribution in [0.1, 0.15) is 0 Å². The molecule has 1 aromatic rings. The van der Waals surface area contributed by atoms with Crippen LogP contribution < -0.4 is 5.32 Å². The van der Waals surface area contributed by atoms with Gasteiger partial charge in [-0.05, 0) is 36.2 Å². The second-order valence-electron chi connectivity index (χ2n) is 3.41. The molecule has 0 aliphatic heterocycles. The van der Waals surface area contributed by atoms with Crippen LogP contribution in [0.3, 0.4) is 0 Å². The number of ether oxygens (including phenoxy) is 1. The summed E-state index contributed by atoms with van der Waals surface area (Å²) in [7, 11) is 1.25. The first-order valence-electron chi connectivity index (χ1n) is 5.30. The summed E-state index contributed by atoms with van der Waals surface area (Å²) in [6, 6.07) is 4.34. The molecule has 8 heteroatoms. The second kappa shape index (κ2) is 7.49. The van der Waals surface area contributed by atoms with Gasteiger partial charge >= 0.3 is 11.5 Å². The van der Waals surface area contributed by atoms with E-state index in [4.69, 9.17) is 0 Å². The Labute approximate surface area is 122 Å². The fourth-order valence-electron chi connectivity index (χ4n) is 1.26. The lowest BCUT2D eigenvalue weighted by molar-refractivity contribution is -0.134. The minimum Gasteiger partial charge on any atom is -0.466 e. The first-order chi connectivity index (χ1) is 9.35. The summed E-state index contributed by atoms with van der Waals surface area (Å²) in [4.78, 5) is 11.6. The molecule has 0 amide bonds. The first-order valence-corrected chi connectivity index (χ1v) is 7.34. The van der Waals surface area contributed by atoms with Crippen molar-refractivity contribution in [3.05, 3.63) is 30.5 Å². The number of carbonyl (C=O) groups is 1. The number of carbonyl (C=O) groups excluding carboxylic acids is 1. The molecule has 0 saturated heterocycles. The van der Waals surface area contributed by atoms with Crippen molar-refractivity contribution in [3.63, 3.8) is 0 Å². The molecule has 0 atom stereocenters. The van der Waals surface area contributed by atoms with E-state index in [2.05, 4.69) is 10.1 Å². The van der Waals surface area contributed by atoms with E-state index in [1.807, 2.05) is 0 Å². The van der Waals surface area contributed by atoms with E-state index in [1.165, 1.54) is 49.3 Å². The van der Waals surface area contributed by atoms with Crippen molar-refractivity contribution in [1.82, 2.24) is 0 Å². The van der Waals surface area contributed by atoms with Crippen molar-refractivity contribution >= 4 is 35.2 Å². The highest BCUT2D eigenvalue weighted by Crippen LogP contribution is 2.39. The van der Waals surface area contributed by atoms with E-state index in [0.717, 1.165) is 0 Å². The van der Waals surface area contributed by atoms with Gasteiger partial charge in [-0.3, -0.25) is 0 Å². The molecule has 3 nitrogen and oxygen atoms in total. The Bertz CT molecular complexity index is 504. The van der Waals surface area contributed by atoms with Crippen molar-refractivity contribution in [2.75, 3.05) is 18.7 Å². The second-order valence-corrected chi connectivity index (χ2v) is 5.40. The minimum absolute atomic E-state index is 0.115. The number of hydrogen-bond donors (Lipinski definition) is 1. The number of nitrogens with one attached hydrogen (secondary N) is 1. The van der Waals surface area contributed by atoms with Gasteiger partial charge in [-0.1, -0.05) is 0 Å². The number of rotatable bonds is 5. The third kappa shape index (κ3) is 5.79. The summed E-state index contributed by atoms with van der Waals surface area (Å²) in [5, 5.41) is 2.83. The van der Waals surface area contributed by atoms with Crippen LogP contribution in [0, 0.1) is 0 Å². The van der Waals surface area contributed by atoms with Crippen molar-refractivity contribution in [1.29, 1.82) is 0 Å². The van der Waals surface area contributed by atoms with Gasteiger partial charge in [-0.2, -0.15) is 13.2 Å². The molecule has 0 aliphatic rings. The van der Waals surface area contributed by atoms with Crippen LogP contribution in [0.4, 0.5) is 18.9 Å². The molecule has 1 aromatic carbocycles. The average molecular weight is 323 g/mol. The zero-order valence-electron chi connectivity index (χ0n) is 10.7. The van der Waals surface area contributed by atoms with E-state index in [9.17, 15) is 18.0 Å². The molecule has 0 fully saturated rings. The molecule has 0 bridgehead atoms. The predicted octanol–water partition coefficient (Wildman–Crippen LogP) is 4.12. The molecule has 0 spiro atoms. The van der Waals surface area contributed by atoms with Gasteiger partial charge in [0.25, 0.3) is 0 Å². The van der Waals surface area contributed by atoms with Gasteiger partial charge in [-0.25, -0.2) is 4.79 Å². The number of methoxy groups -OCH3 is 1. The number of benzene rings is 1. The lowest BCUT2D eigenvalue weighted by Crippen LogP contribution is -2.00. The number of alkyl halides is 3. The summed E-state index contributed by atoms with van der Waals surface area (Å²) < 4.78 is 41.3. The van der Waals surface area contributed by atoms with Crippen molar-refractivity contribution in [3.8, 4) is 0 Å². The van der Waals surface area contributed by atoms with Crippen LogP contribution in [-0.4, -0.2) is 24.8 Å². The number of hydrogen-bond acceptors (Lipinski definition) is 5. The van der Waals surface area contributed by atoms with Crippen LogP contribution in [-0.2, 0) is 9.53 Å². The zero-order chi connectivity index (χ0) is 15.2. The number of thioether (sulfide) groups is 2. The number of esters is 1. The molecule has 1 rings (SSSR count). The van der Waals surface area contributed by atoms with E-state index in [0.29, 0.717) is 10.6 Å². The Balaban J connectivity index is 2.83. The molecule has 0 heterocycles. The summed E-state index contributed by atoms with van der Waals surface area (Å²) in [6.45, 7) is 0. The maximum Gasteiger partial charge on any atom is 0.446 e. The Morgan fingerprint density at radius 3 is 2.65 bits per heavy atom. The minimum atomic E-state index is -4.31. The maximum atomic E-state index is 12.3. The third-order valence-corrected chi connectivity index (χ3v) is 3.56. The SMILES string of the molecule is COC(=O)/C=C/Nc1ccc(SC(F)(F)F)cc1SC. The topological polar surface area (TPSA) is 38.3 Å². The van der Waals surface area contributed by atoms with Crippen LogP contribution in [0.2, 0.25) is 0 Å². The van der Waals surface area contributed by atoms with E-state index >= 15 is 0 Å². The van der Waals surface area contributed by atoms with Gasteiger partial charge in [0.2, 0.25) is 0 Å². The van der Waals surface area contributed by atoms with Crippen LogP contribution in [0.15, 0.2) is 40.3 Å². The zero-order valence-corrected chi connectivity index (χ0v) is 12.3. The molecular weight excluding hydrogens is 311 g/mol. The quantitative estimate of drug-likeness (QED) is 0.501. The van der Waals surface area contributed by atoms with E-state index < -0.39 is 11.5 Å². The summed E-state index contributed by atoms with van der Waals surface area (Å²) >= 11 is 1.15. The molecule has 0 unspecified atom stereocenters. The monoisotopic (exact) mass is 323 g/mol. The van der Waals surface area contributed by atoms with Crippen molar-refractivity contribution in [2.24, 2.45) is 0 Å². The lowest BCUT2D eigenvalue weighted by Gasteiger charge is -2.10. The predicted molar refractivity (Wildman–Crippen MR) is 74.9 cm³/mol. The highest BCUT2D eigenvalue weighted by atomic mass is 32.2. The Morgan fingerprint density at radius 1 is 1.40 bits per heavy atom. The van der Waals surface area contributed by atoms with Crippen LogP contribution in [0.5, 0.6) is 0 Å². The molecule has 20 heavy (non-hydrogen) atoms. The molecule has 0 aromatic heterocycles. The fraction of sp³-hybridized carbons (Fsp3) is 0.250. The van der Waals surface area contributed by atoms with Gasteiger partial charge in [0.1, 0.15) is 0 Å². The molecule has 0 saturated carbocycles. The largest absolute Gasteiger partial charge is 0.466 e. The molecule has 0 radical (unpaired) electrons. The van der Waals surface area contributed by atoms with Crippen molar-refractivity contribution < 1.29 is 22.7 Å². The highest BCUT2D eigenvalue weighted by Gasteiger charge is 2.29. The summed E-state index contributed by atoms with van der Waals surface area (Å²) in [6.07, 6.45) is 4.31. The van der Waals surface area contributed by atoms with Crippen LogP contribution in [0.25, 0.3) is 0 Å². The standard InChI is InChI=1S/C12H12F3NO2S2/c1-18-11(17)5-6-16-9-4-3-8(7-10(9)19-2)20-12(13,14)15/h3-7,16H,1-2H3/b6-5+. The maximum absolute atomic E-state index is 12.3. The smallest absolute Gasteiger partial charge is 0.446 e. The van der Waals surface area contributed by atoms with Crippen molar-refractivity contribution in [2.45, 2.75) is 15.3 Å². The molecule has 110 valence electrons. The lowest BCUT2D eigenvalue weighted by atomic mass is 10.3. The fourth-order valence-corrected chi connectivity index (χ4v) is 2.50. The molecule has 0 aliphatic carbocycles. The van der Waals surface area contributed by atoms with Gasteiger partial charge < -0.3 is 10.1 Å². The number of halogens is 3. The van der Waals surface area contributed by atoms with Gasteiger partial charge in [-0.15, -0.1) is 11.8 Å². The van der Waals surface area contributed by atoms with Crippen LogP contribution >= 0.6 is 23.5 Å². The Kier molecular flexibility index (Phi) is 6.28. The Morgan fingerprint density at radius 2 is 2.10 bits per heavy atom. The summed E-state index contributed by atoms with van der Waals surface area (Å²) in [5.41, 5.74) is -3.70. The highest BCUT2D eigenvalue weighted by molar-refractivity contribution is 8.00.